The molecule has 0 bridgehead atoms. The number of nitrogens with zero attached hydrogens (tertiary/aromatic N) is 4. The fourth-order valence-electron chi connectivity index (χ4n) is 2.93. The Morgan fingerprint density at radius 1 is 1.28 bits per heavy atom. The minimum Gasteiger partial charge on any atom is -0.369 e. The number of anilines is 2. The van der Waals surface area contributed by atoms with Gasteiger partial charge in [0, 0.05) is 19.6 Å². The molecule has 2 heterocycles. The van der Waals surface area contributed by atoms with Gasteiger partial charge in [-0.2, -0.15) is 10.1 Å². The Kier molecular flexibility index (Phi) is 5.47. The zero-order chi connectivity index (χ0) is 17.7. The van der Waals surface area contributed by atoms with Crippen molar-refractivity contribution < 1.29 is 8.42 Å². The van der Waals surface area contributed by atoms with Crippen LogP contribution in [-0.4, -0.2) is 54.7 Å². The summed E-state index contributed by atoms with van der Waals surface area (Å²) < 4.78 is 23.3. The maximum atomic E-state index is 11.6. The third-order valence-electron chi connectivity index (χ3n) is 4.41. The largest absolute Gasteiger partial charge is 0.369 e. The molecule has 1 aliphatic rings. The molecule has 3 rings (SSSR count). The summed E-state index contributed by atoms with van der Waals surface area (Å²) in [5.41, 5.74) is 1.31. The average molecular weight is 361 g/mol. The van der Waals surface area contributed by atoms with Gasteiger partial charge in [-0.05, 0) is 24.8 Å². The Labute approximate surface area is 148 Å². The molecule has 2 aromatic rings. The van der Waals surface area contributed by atoms with Crippen molar-refractivity contribution >= 4 is 21.6 Å². The van der Waals surface area contributed by atoms with Crippen molar-refractivity contribution in [2.45, 2.75) is 25.3 Å². The maximum Gasteiger partial charge on any atom is 0.247 e. The van der Waals surface area contributed by atoms with E-state index < -0.39 is 9.84 Å². The summed E-state index contributed by atoms with van der Waals surface area (Å²) in [5.74, 6) is 1.50. The molecule has 8 heteroatoms. The third-order valence-corrected chi connectivity index (χ3v) is 6.16. The molecule has 134 valence electrons. The molecule has 0 radical (unpaired) electrons. The summed E-state index contributed by atoms with van der Waals surface area (Å²) in [6.45, 7) is 0.786. The first-order valence-corrected chi connectivity index (χ1v) is 10.3. The molecule has 1 aliphatic heterocycles. The number of benzene rings is 1. The summed E-state index contributed by atoms with van der Waals surface area (Å²) in [7, 11) is -1.11. The van der Waals surface area contributed by atoms with E-state index in [4.69, 9.17) is 0 Å². The van der Waals surface area contributed by atoms with Gasteiger partial charge in [-0.1, -0.05) is 30.3 Å². The van der Waals surface area contributed by atoms with Crippen LogP contribution in [0.25, 0.3) is 0 Å². The van der Waals surface area contributed by atoms with Crippen LogP contribution in [0.4, 0.5) is 11.8 Å². The molecule has 1 unspecified atom stereocenters. The van der Waals surface area contributed by atoms with Gasteiger partial charge >= 0.3 is 0 Å². The normalized spacial score (nSPS) is 18.8. The SMILES string of the molecule is CN(c1nncc(NCCCc2ccccc2)n1)C1CCS(=O)(=O)C1. The smallest absolute Gasteiger partial charge is 0.247 e. The standard InChI is InChI=1S/C17H23N5O2S/c1-22(15-9-11-25(23,24)13-15)17-20-16(12-19-21-17)18-10-5-8-14-6-3-2-4-7-14/h2-4,6-7,12,15H,5,8-11,13H2,1H3,(H,18,20,21). The summed E-state index contributed by atoms with van der Waals surface area (Å²) in [6.07, 6.45) is 4.18. The van der Waals surface area contributed by atoms with Gasteiger partial charge in [0.15, 0.2) is 15.7 Å². The molecule has 1 N–H and O–H groups in total. The van der Waals surface area contributed by atoms with Crippen LogP contribution in [0.5, 0.6) is 0 Å². The van der Waals surface area contributed by atoms with Gasteiger partial charge in [-0.25, -0.2) is 8.42 Å². The second-order valence-electron chi connectivity index (χ2n) is 6.33. The topological polar surface area (TPSA) is 88.1 Å². The van der Waals surface area contributed by atoms with Crippen molar-refractivity contribution in [3.8, 4) is 0 Å². The zero-order valence-electron chi connectivity index (χ0n) is 14.3. The quantitative estimate of drug-likeness (QED) is 0.748. The van der Waals surface area contributed by atoms with Gasteiger partial charge in [-0.15, -0.1) is 5.10 Å². The molecule has 1 saturated heterocycles. The molecule has 1 aromatic carbocycles. The molecular formula is C17H23N5O2S. The fraction of sp³-hybridized carbons (Fsp3) is 0.471. The van der Waals surface area contributed by atoms with Crippen LogP contribution in [0.15, 0.2) is 36.5 Å². The molecule has 0 amide bonds. The molecule has 7 nitrogen and oxygen atoms in total. The highest BCUT2D eigenvalue weighted by Crippen LogP contribution is 2.20. The number of sulfone groups is 1. The predicted octanol–water partition coefficient (Wildman–Crippen LogP) is 1.54. The van der Waals surface area contributed by atoms with E-state index in [1.165, 1.54) is 5.56 Å². The number of hydrogen-bond donors (Lipinski definition) is 1. The van der Waals surface area contributed by atoms with Gasteiger partial charge in [0.05, 0.1) is 17.7 Å². The minimum atomic E-state index is -2.94. The lowest BCUT2D eigenvalue weighted by Gasteiger charge is -2.22. The van der Waals surface area contributed by atoms with Crippen LogP contribution in [0.1, 0.15) is 18.4 Å². The van der Waals surface area contributed by atoms with Gasteiger partial charge in [0.1, 0.15) is 0 Å². The first-order valence-electron chi connectivity index (χ1n) is 8.44. The predicted molar refractivity (Wildman–Crippen MR) is 98.5 cm³/mol. The van der Waals surface area contributed by atoms with E-state index in [0.717, 1.165) is 19.4 Å². The highest BCUT2D eigenvalue weighted by molar-refractivity contribution is 7.91. The molecule has 0 spiro atoms. The lowest BCUT2D eigenvalue weighted by Crippen LogP contribution is -2.34. The van der Waals surface area contributed by atoms with Crippen molar-refractivity contribution in [2.75, 3.05) is 35.3 Å². The van der Waals surface area contributed by atoms with Gasteiger partial charge < -0.3 is 10.2 Å². The Morgan fingerprint density at radius 3 is 2.80 bits per heavy atom. The van der Waals surface area contributed by atoms with Crippen LogP contribution >= 0.6 is 0 Å². The van der Waals surface area contributed by atoms with E-state index in [-0.39, 0.29) is 17.5 Å². The van der Waals surface area contributed by atoms with Crippen molar-refractivity contribution in [1.82, 2.24) is 15.2 Å². The van der Waals surface area contributed by atoms with Crippen LogP contribution in [-0.2, 0) is 16.3 Å². The van der Waals surface area contributed by atoms with Crippen molar-refractivity contribution in [3.05, 3.63) is 42.1 Å². The maximum absolute atomic E-state index is 11.6. The molecule has 1 fully saturated rings. The number of rotatable bonds is 7. The molecule has 0 saturated carbocycles. The fourth-order valence-corrected chi connectivity index (χ4v) is 4.70. The first-order chi connectivity index (χ1) is 12.0. The number of nitrogens with one attached hydrogen (secondary N) is 1. The summed E-state index contributed by atoms with van der Waals surface area (Å²) >= 11 is 0. The second kappa shape index (κ2) is 7.77. The van der Waals surface area contributed by atoms with Crippen LogP contribution in [0.2, 0.25) is 0 Å². The van der Waals surface area contributed by atoms with Gasteiger partial charge in [0.25, 0.3) is 0 Å². The Balaban J connectivity index is 1.53. The van der Waals surface area contributed by atoms with E-state index in [1.807, 2.05) is 30.1 Å². The monoisotopic (exact) mass is 361 g/mol. The first kappa shape index (κ1) is 17.6. The zero-order valence-corrected chi connectivity index (χ0v) is 15.1. The lowest BCUT2D eigenvalue weighted by molar-refractivity contribution is 0.600. The highest BCUT2D eigenvalue weighted by atomic mass is 32.2. The average Bonchev–Trinajstić information content (AvgIpc) is 2.99. The number of hydrogen-bond acceptors (Lipinski definition) is 7. The molecular weight excluding hydrogens is 338 g/mol. The minimum absolute atomic E-state index is 0.0832. The number of aromatic nitrogens is 3. The van der Waals surface area contributed by atoms with Gasteiger partial charge in [-0.3, -0.25) is 0 Å². The molecule has 1 aromatic heterocycles. The van der Waals surface area contributed by atoms with Crippen molar-refractivity contribution in [1.29, 1.82) is 0 Å². The summed E-state index contributed by atoms with van der Waals surface area (Å²) in [5, 5.41) is 11.3. The molecule has 0 aliphatic carbocycles. The Bertz CT molecular complexity index is 798. The van der Waals surface area contributed by atoms with E-state index in [1.54, 1.807) is 6.20 Å². The summed E-state index contributed by atoms with van der Waals surface area (Å²) in [4.78, 5) is 6.27. The van der Waals surface area contributed by atoms with Crippen molar-refractivity contribution in [2.24, 2.45) is 0 Å². The van der Waals surface area contributed by atoms with Crippen LogP contribution in [0.3, 0.4) is 0 Å². The second-order valence-corrected chi connectivity index (χ2v) is 8.55. The lowest BCUT2D eigenvalue weighted by atomic mass is 10.1. The Morgan fingerprint density at radius 2 is 2.08 bits per heavy atom. The van der Waals surface area contributed by atoms with E-state index in [0.29, 0.717) is 18.2 Å². The number of aryl methyl sites for hydroxylation is 1. The summed E-state index contributed by atoms with van der Waals surface area (Å²) in [6, 6.07) is 10.3. The highest BCUT2D eigenvalue weighted by Gasteiger charge is 2.31. The van der Waals surface area contributed by atoms with Gasteiger partial charge in [0.2, 0.25) is 5.95 Å². The van der Waals surface area contributed by atoms with E-state index in [2.05, 4.69) is 32.6 Å². The molecule has 25 heavy (non-hydrogen) atoms. The van der Waals surface area contributed by atoms with E-state index in [9.17, 15) is 8.42 Å². The third kappa shape index (κ3) is 4.88. The van der Waals surface area contributed by atoms with Crippen LogP contribution < -0.4 is 10.2 Å². The van der Waals surface area contributed by atoms with Crippen LogP contribution in [0, 0.1) is 0 Å². The van der Waals surface area contributed by atoms with E-state index >= 15 is 0 Å². The van der Waals surface area contributed by atoms with Crippen molar-refractivity contribution in [3.63, 3.8) is 0 Å². The Hall–Kier alpha value is -2.22. The molecule has 1 atom stereocenters.